The Hall–Kier alpha value is -2.82. The van der Waals surface area contributed by atoms with Gasteiger partial charge in [0.15, 0.2) is 0 Å². The summed E-state index contributed by atoms with van der Waals surface area (Å²) in [5.74, 6) is 0.311. The quantitative estimate of drug-likeness (QED) is 0.129. The maximum atomic E-state index is 12.5. The second-order valence-corrected chi connectivity index (χ2v) is 9.12. The molecule has 5 nitrogen and oxygen atoms in total. The molecule has 0 heterocycles. The molecule has 192 valence electrons. The van der Waals surface area contributed by atoms with Crippen LogP contribution in [0.2, 0.25) is 0 Å². The second-order valence-electron chi connectivity index (χ2n) is 9.12. The van der Waals surface area contributed by atoms with Gasteiger partial charge >= 0.3 is 11.9 Å². The maximum absolute atomic E-state index is 12.5. The number of hydrogen-bond acceptors (Lipinski definition) is 5. The van der Waals surface area contributed by atoms with E-state index in [1.807, 2.05) is 6.92 Å². The monoisotopic (exact) mass is 482 g/mol. The highest BCUT2D eigenvalue weighted by Crippen LogP contribution is 2.18. The molecule has 2 aromatic carbocycles. The zero-order valence-electron chi connectivity index (χ0n) is 21.7. The zero-order chi connectivity index (χ0) is 25.3. The van der Waals surface area contributed by atoms with Crippen LogP contribution in [0.4, 0.5) is 0 Å². The summed E-state index contributed by atoms with van der Waals surface area (Å²) in [6, 6.07) is 13.4. The first-order valence-electron chi connectivity index (χ1n) is 13.3. The molecular weight excluding hydrogens is 440 g/mol. The molecule has 0 spiro atoms. The molecule has 35 heavy (non-hydrogen) atoms. The summed E-state index contributed by atoms with van der Waals surface area (Å²) in [7, 11) is 0. The second kappa shape index (κ2) is 16.7. The average Bonchev–Trinajstić information content (AvgIpc) is 2.87. The molecule has 5 heteroatoms. The number of hydrogen-bond donors (Lipinski definition) is 0. The fourth-order valence-corrected chi connectivity index (χ4v) is 3.75. The van der Waals surface area contributed by atoms with Gasteiger partial charge in [0.1, 0.15) is 11.5 Å². The summed E-state index contributed by atoms with van der Waals surface area (Å²) in [5, 5.41) is 0. The minimum absolute atomic E-state index is 0.116. The lowest BCUT2D eigenvalue weighted by Crippen LogP contribution is -2.15. The van der Waals surface area contributed by atoms with Crippen molar-refractivity contribution in [3.05, 3.63) is 59.7 Å². The van der Waals surface area contributed by atoms with E-state index in [0.29, 0.717) is 23.5 Å². The van der Waals surface area contributed by atoms with E-state index in [-0.39, 0.29) is 12.1 Å². The molecule has 1 atom stereocenters. The van der Waals surface area contributed by atoms with Gasteiger partial charge in [0.05, 0.1) is 23.8 Å². The molecule has 2 aromatic rings. The first kappa shape index (κ1) is 28.4. The van der Waals surface area contributed by atoms with Crippen LogP contribution in [-0.4, -0.2) is 24.6 Å². The Kier molecular flexibility index (Phi) is 13.6. The average molecular weight is 483 g/mol. The fraction of sp³-hybridized carbons (Fsp3) is 0.533. The molecule has 0 bridgehead atoms. The number of carbonyl (C=O) groups excluding carboxylic acids is 2. The van der Waals surface area contributed by atoms with Crippen LogP contribution in [0.15, 0.2) is 48.5 Å². The first-order valence-corrected chi connectivity index (χ1v) is 13.3. The smallest absolute Gasteiger partial charge is 0.343 e. The minimum atomic E-state index is -0.455. The molecule has 0 aliphatic carbocycles. The van der Waals surface area contributed by atoms with Crippen molar-refractivity contribution in [2.45, 2.75) is 97.5 Å². The van der Waals surface area contributed by atoms with Crippen LogP contribution >= 0.6 is 0 Å². The van der Waals surface area contributed by atoms with E-state index in [1.165, 1.54) is 44.9 Å². The first-order chi connectivity index (χ1) is 17.0. The fourth-order valence-electron chi connectivity index (χ4n) is 3.75. The van der Waals surface area contributed by atoms with Gasteiger partial charge in [-0.05, 0) is 74.7 Å². The Morgan fingerprint density at radius 3 is 1.80 bits per heavy atom. The van der Waals surface area contributed by atoms with E-state index in [1.54, 1.807) is 48.5 Å². The van der Waals surface area contributed by atoms with Crippen molar-refractivity contribution < 1.29 is 23.8 Å². The van der Waals surface area contributed by atoms with Gasteiger partial charge in [-0.1, -0.05) is 65.2 Å². The number of unbranched alkanes of at least 4 members (excludes halogenated alkanes) is 8. The number of carbonyl (C=O) groups is 2. The molecule has 0 aliphatic heterocycles. The maximum Gasteiger partial charge on any atom is 0.343 e. The number of benzene rings is 2. The Bertz CT molecular complexity index is 857. The van der Waals surface area contributed by atoms with Crippen LogP contribution in [-0.2, 0) is 4.74 Å². The standard InChI is InChI=1S/C30H42O5/c1-4-6-8-10-11-13-23-33-27-19-15-26(16-20-27)30(32)35-28-21-17-25(18-22-28)29(31)34-24(3)14-12-9-7-5-2/h15-22,24H,4-14,23H2,1-3H3. The Labute approximate surface area is 211 Å². The van der Waals surface area contributed by atoms with E-state index < -0.39 is 5.97 Å². The van der Waals surface area contributed by atoms with E-state index in [4.69, 9.17) is 14.2 Å². The molecular formula is C30H42O5. The van der Waals surface area contributed by atoms with E-state index in [2.05, 4.69) is 13.8 Å². The van der Waals surface area contributed by atoms with E-state index >= 15 is 0 Å². The molecule has 0 saturated heterocycles. The van der Waals surface area contributed by atoms with Crippen molar-refractivity contribution in [3.8, 4) is 11.5 Å². The lowest BCUT2D eigenvalue weighted by atomic mass is 10.1. The molecule has 0 fully saturated rings. The van der Waals surface area contributed by atoms with Gasteiger partial charge in [-0.25, -0.2) is 9.59 Å². The molecule has 2 rings (SSSR count). The van der Waals surface area contributed by atoms with Crippen molar-refractivity contribution in [1.29, 1.82) is 0 Å². The molecule has 0 saturated carbocycles. The van der Waals surface area contributed by atoms with Crippen LogP contribution in [0.25, 0.3) is 0 Å². The van der Waals surface area contributed by atoms with Crippen LogP contribution in [0.1, 0.15) is 112 Å². The highest BCUT2D eigenvalue weighted by atomic mass is 16.5. The number of rotatable bonds is 17. The number of ether oxygens (including phenoxy) is 3. The normalized spacial score (nSPS) is 11.6. The third-order valence-corrected chi connectivity index (χ3v) is 5.93. The summed E-state index contributed by atoms with van der Waals surface area (Å²) in [4.78, 5) is 24.8. The Morgan fingerprint density at radius 2 is 1.17 bits per heavy atom. The Balaban J connectivity index is 1.74. The van der Waals surface area contributed by atoms with Gasteiger partial charge in [-0.15, -0.1) is 0 Å². The topological polar surface area (TPSA) is 61.8 Å². The largest absolute Gasteiger partial charge is 0.494 e. The molecule has 0 N–H and O–H groups in total. The van der Waals surface area contributed by atoms with Crippen LogP contribution in [0.3, 0.4) is 0 Å². The van der Waals surface area contributed by atoms with Crippen molar-refractivity contribution in [2.75, 3.05) is 6.61 Å². The van der Waals surface area contributed by atoms with E-state index in [9.17, 15) is 9.59 Å². The van der Waals surface area contributed by atoms with E-state index in [0.717, 1.165) is 31.4 Å². The summed E-state index contributed by atoms with van der Waals surface area (Å²) >= 11 is 0. The van der Waals surface area contributed by atoms with Gasteiger partial charge in [0.2, 0.25) is 0 Å². The van der Waals surface area contributed by atoms with Crippen LogP contribution < -0.4 is 9.47 Å². The molecule has 1 unspecified atom stereocenters. The zero-order valence-corrected chi connectivity index (χ0v) is 21.7. The SMILES string of the molecule is CCCCCCCCOc1ccc(C(=O)Oc2ccc(C(=O)OC(C)CCCCCC)cc2)cc1. The predicted octanol–water partition coefficient (Wildman–Crippen LogP) is 8.16. The molecule has 0 aliphatic rings. The van der Waals surface area contributed by atoms with Crippen LogP contribution in [0, 0.1) is 0 Å². The minimum Gasteiger partial charge on any atom is -0.494 e. The lowest BCUT2D eigenvalue weighted by molar-refractivity contribution is 0.0319. The highest BCUT2D eigenvalue weighted by molar-refractivity contribution is 5.92. The van der Waals surface area contributed by atoms with Crippen LogP contribution in [0.5, 0.6) is 11.5 Å². The van der Waals surface area contributed by atoms with Gasteiger partial charge in [-0.3, -0.25) is 0 Å². The number of esters is 2. The summed E-state index contributed by atoms with van der Waals surface area (Å²) < 4.78 is 16.7. The summed E-state index contributed by atoms with van der Waals surface area (Å²) in [6.07, 6.45) is 12.7. The third kappa shape index (κ3) is 11.4. The van der Waals surface area contributed by atoms with Gasteiger partial charge in [-0.2, -0.15) is 0 Å². The Morgan fingerprint density at radius 1 is 0.657 bits per heavy atom. The van der Waals surface area contributed by atoms with Crippen molar-refractivity contribution in [2.24, 2.45) is 0 Å². The van der Waals surface area contributed by atoms with Crippen molar-refractivity contribution in [1.82, 2.24) is 0 Å². The summed E-state index contributed by atoms with van der Waals surface area (Å²) in [6.45, 7) is 7.00. The van der Waals surface area contributed by atoms with Crippen molar-refractivity contribution >= 4 is 11.9 Å². The third-order valence-electron chi connectivity index (χ3n) is 5.93. The van der Waals surface area contributed by atoms with Gasteiger partial charge in [0, 0.05) is 0 Å². The highest BCUT2D eigenvalue weighted by Gasteiger charge is 2.13. The molecule has 0 aromatic heterocycles. The van der Waals surface area contributed by atoms with Gasteiger partial charge in [0.25, 0.3) is 0 Å². The summed E-state index contributed by atoms with van der Waals surface area (Å²) in [5.41, 5.74) is 0.884. The van der Waals surface area contributed by atoms with Gasteiger partial charge < -0.3 is 14.2 Å². The lowest BCUT2D eigenvalue weighted by Gasteiger charge is -2.13. The van der Waals surface area contributed by atoms with Crippen molar-refractivity contribution in [3.63, 3.8) is 0 Å². The molecule has 0 radical (unpaired) electrons. The molecule has 0 amide bonds. The predicted molar refractivity (Wildman–Crippen MR) is 140 cm³/mol.